The molecule has 0 N–H and O–H groups in total. The zero-order valence-corrected chi connectivity index (χ0v) is 7.07. The smallest absolute Gasteiger partial charge is 0.268 e. The van der Waals surface area contributed by atoms with Crippen molar-refractivity contribution in [2.24, 2.45) is 0 Å². The minimum absolute atomic E-state index is 0.00741. The van der Waals surface area contributed by atoms with Crippen LogP contribution >= 0.6 is 0 Å². The highest BCUT2D eigenvalue weighted by molar-refractivity contribution is 4.99. The molecule has 4 nitrogen and oxygen atoms in total. The lowest BCUT2D eigenvalue weighted by Gasteiger charge is -2.39. The topological polar surface area (TPSA) is 39.9 Å². The Hall–Kier alpha value is -1.04. The Balaban J connectivity index is 2.31. The largest absolute Gasteiger partial charge is 0.376 e. The normalized spacial score (nSPS) is 20.3. The molecular formula is C7H9F2N3O. The van der Waals surface area contributed by atoms with Gasteiger partial charge in [0, 0.05) is 6.20 Å². The molecule has 1 aromatic rings. The van der Waals surface area contributed by atoms with Gasteiger partial charge >= 0.3 is 0 Å². The van der Waals surface area contributed by atoms with Crippen LogP contribution in [0.4, 0.5) is 8.78 Å². The molecule has 0 bridgehead atoms. The lowest BCUT2D eigenvalue weighted by atomic mass is 9.99. The standard InChI is InChI=1S/C7H9F2N3O/c1-5-2-12(11-10-5)7(6(8)9)3-13-4-7/h2,6H,3-4H2,1H3. The lowest BCUT2D eigenvalue weighted by molar-refractivity contribution is -0.177. The van der Waals surface area contributed by atoms with Gasteiger partial charge in [0.2, 0.25) is 0 Å². The van der Waals surface area contributed by atoms with E-state index >= 15 is 0 Å². The number of hydrogen-bond donors (Lipinski definition) is 0. The van der Waals surface area contributed by atoms with Crippen molar-refractivity contribution in [1.29, 1.82) is 0 Å². The summed E-state index contributed by atoms with van der Waals surface area (Å²) in [7, 11) is 0. The van der Waals surface area contributed by atoms with Crippen LogP contribution in [0.25, 0.3) is 0 Å². The molecule has 0 aromatic carbocycles. The molecule has 6 heteroatoms. The average molecular weight is 189 g/mol. The number of alkyl halides is 2. The van der Waals surface area contributed by atoms with E-state index < -0.39 is 12.0 Å². The first kappa shape index (κ1) is 8.55. The van der Waals surface area contributed by atoms with E-state index in [0.717, 1.165) is 0 Å². The van der Waals surface area contributed by atoms with Crippen LogP contribution in [0.3, 0.4) is 0 Å². The summed E-state index contributed by atoms with van der Waals surface area (Å²) in [6.45, 7) is 1.73. The van der Waals surface area contributed by atoms with Gasteiger partial charge in [0.25, 0.3) is 6.43 Å². The maximum Gasteiger partial charge on any atom is 0.268 e. The Morgan fingerprint density at radius 3 is 2.62 bits per heavy atom. The molecule has 0 aliphatic carbocycles. The molecular weight excluding hydrogens is 180 g/mol. The van der Waals surface area contributed by atoms with Crippen molar-refractivity contribution in [2.45, 2.75) is 18.9 Å². The van der Waals surface area contributed by atoms with Gasteiger partial charge in [0.05, 0.1) is 18.9 Å². The van der Waals surface area contributed by atoms with Crippen LogP contribution in [0.2, 0.25) is 0 Å². The molecule has 0 amide bonds. The quantitative estimate of drug-likeness (QED) is 0.683. The molecule has 1 aromatic heterocycles. The van der Waals surface area contributed by atoms with E-state index in [9.17, 15) is 8.78 Å². The van der Waals surface area contributed by atoms with Crippen LogP contribution in [0.1, 0.15) is 5.69 Å². The van der Waals surface area contributed by atoms with Gasteiger partial charge in [-0.1, -0.05) is 5.21 Å². The van der Waals surface area contributed by atoms with Gasteiger partial charge in [0.1, 0.15) is 0 Å². The van der Waals surface area contributed by atoms with Gasteiger partial charge in [-0.25, -0.2) is 13.5 Å². The summed E-state index contributed by atoms with van der Waals surface area (Å²) in [5, 5.41) is 7.31. The van der Waals surface area contributed by atoms with E-state index in [1.807, 2.05) is 0 Å². The highest BCUT2D eigenvalue weighted by Crippen LogP contribution is 2.32. The van der Waals surface area contributed by atoms with Gasteiger partial charge in [-0.2, -0.15) is 0 Å². The average Bonchev–Trinajstić information content (AvgIpc) is 2.32. The SMILES string of the molecule is Cc1cn(C2(C(F)F)COC2)nn1. The van der Waals surface area contributed by atoms with Crippen molar-refractivity contribution in [3.63, 3.8) is 0 Å². The highest BCUT2D eigenvalue weighted by Gasteiger charge is 2.50. The molecule has 1 aliphatic rings. The fourth-order valence-electron chi connectivity index (χ4n) is 1.23. The lowest BCUT2D eigenvalue weighted by Crippen LogP contribution is -2.57. The first-order valence-corrected chi connectivity index (χ1v) is 3.90. The third-order valence-corrected chi connectivity index (χ3v) is 2.17. The number of halogens is 2. The van der Waals surface area contributed by atoms with E-state index in [1.165, 1.54) is 10.9 Å². The molecule has 13 heavy (non-hydrogen) atoms. The maximum absolute atomic E-state index is 12.7. The van der Waals surface area contributed by atoms with E-state index in [2.05, 4.69) is 10.3 Å². The number of rotatable bonds is 2. The number of ether oxygens (including phenoxy) is 1. The van der Waals surface area contributed by atoms with Crippen molar-refractivity contribution in [3.8, 4) is 0 Å². The molecule has 1 aliphatic heterocycles. The van der Waals surface area contributed by atoms with Gasteiger partial charge in [-0.3, -0.25) is 0 Å². The summed E-state index contributed by atoms with van der Waals surface area (Å²) in [5.41, 5.74) is -0.645. The Kier molecular flexibility index (Phi) is 1.80. The minimum Gasteiger partial charge on any atom is -0.376 e. The number of aromatic nitrogens is 3. The molecule has 0 spiro atoms. The van der Waals surface area contributed by atoms with E-state index in [1.54, 1.807) is 6.92 Å². The molecule has 2 heterocycles. The third-order valence-electron chi connectivity index (χ3n) is 2.17. The fraction of sp³-hybridized carbons (Fsp3) is 0.714. The summed E-state index contributed by atoms with van der Waals surface area (Å²) >= 11 is 0. The second kappa shape index (κ2) is 2.73. The van der Waals surface area contributed by atoms with E-state index in [-0.39, 0.29) is 13.2 Å². The van der Waals surface area contributed by atoms with Crippen LogP contribution in [-0.4, -0.2) is 34.6 Å². The molecule has 1 fully saturated rings. The van der Waals surface area contributed by atoms with Crippen molar-refractivity contribution < 1.29 is 13.5 Å². The zero-order valence-electron chi connectivity index (χ0n) is 7.07. The summed E-state index contributed by atoms with van der Waals surface area (Å²) in [6.07, 6.45) is -0.961. The first-order valence-electron chi connectivity index (χ1n) is 3.90. The Bertz CT molecular complexity index is 308. The Labute approximate surface area is 73.5 Å². The molecule has 2 rings (SSSR count). The first-order chi connectivity index (χ1) is 6.15. The summed E-state index contributed by atoms with van der Waals surface area (Å²) in [4.78, 5) is 0. The molecule has 0 unspecified atom stereocenters. The molecule has 0 atom stereocenters. The second-order valence-corrected chi connectivity index (χ2v) is 3.20. The minimum atomic E-state index is -2.47. The van der Waals surface area contributed by atoms with Gasteiger partial charge < -0.3 is 4.74 Å². The molecule has 0 radical (unpaired) electrons. The van der Waals surface area contributed by atoms with Gasteiger partial charge in [-0.15, -0.1) is 5.10 Å². The van der Waals surface area contributed by atoms with Crippen LogP contribution in [-0.2, 0) is 10.3 Å². The van der Waals surface area contributed by atoms with Crippen LogP contribution in [0, 0.1) is 6.92 Å². The number of nitrogens with zero attached hydrogens (tertiary/aromatic N) is 3. The molecule has 72 valence electrons. The maximum atomic E-state index is 12.7. The third kappa shape index (κ3) is 1.13. The fourth-order valence-corrected chi connectivity index (χ4v) is 1.23. The molecule has 1 saturated heterocycles. The zero-order chi connectivity index (χ0) is 9.47. The molecule has 0 saturated carbocycles. The van der Waals surface area contributed by atoms with E-state index in [4.69, 9.17) is 4.74 Å². The summed E-state index contributed by atoms with van der Waals surface area (Å²) < 4.78 is 31.3. The second-order valence-electron chi connectivity index (χ2n) is 3.20. The highest BCUT2D eigenvalue weighted by atomic mass is 19.3. The van der Waals surface area contributed by atoms with Crippen LogP contribution < -0.4 is 0 Å². The Morgan fingerprint density at radius 2 is 2.31 bits per heavy atom. The van der Waals surface area contributed by atoms with E-state index in [0.29, 0.717) is 5.69 Å². The van der Waals surface area contributed by atoms with Crippen molar-refractivity contribution in [1.82, 2.24) is 15.0 Å². The predicted octanol–water partition coefficient (Wildman–Crippen LogP) is 0.577. The summed E-state index contributed by atoms with van der Waals surface area (Å²) in [6, 6.07) is 0. The van der Waals surface area contributed by atoms with Gasteiger partial charge in [-0.05, 0) is 6.92 Å². The monoisotopic (exact) mass is 189 g/mol. The Morgan fingerprint density at radius 1 is 1.62 bits per heavy atom. The van der Waals surface area contributed by atoms with Crippen molar-refractivity contribution >= 4 is 0 Å². The van der Waals surface area contributed by atoms with Crippen molar-refractivity contribution in [3.05, 3.63) is 11.9 Å². The number of aryl methyl sites for hydroxylation is 1. The predicted molar refractivity (Wildman–Crippen MR) is 39.6 cm³/mol. The van der Waals surface area contributed by atoms with Crippen LogP contribution in [0.5, 0.6) is 0 Å². The number of hydrogen-bond acceptors (Lipinski definition) is 3. The van der Waals surface area contributed by atoms with Crippen LogP contribution in [0.15, 0.2) is 6.20 Å². The van der Waals surface area contributed by atoms with Gasteiger partial charge in [0.15, 0.2) is 5.54 Å². The van der Waals surface area contributed by atoms with Crippen molar-refractivity contribution in [2.75, 3.05) is 13.2 Å². The summed E-state index contributed by atoms with van der Waals surface area (Å²) in [5.74, 6) is 0.